The van der Waals surface area contributed by atoms with Crippen LogP contribution in [0.2, 0.25) is 0 Å². The van der Waals surface area contributed by atoms with Crippen LogP contribution in [0.15, 0.2) is 47.7 Å². The minimum atomic E-state index is 0.388. The predicted molar refractivity (Wildman–Crippen MR) is 152 cm³/mol. The Morgan fingerprint density at radius 3 is 2.40 bits per heavy atom. The first kappa shape index (κ1) is 26.7. The molecule has 5 nitrogen and oxygen atoms in total. The van der Waals surface area contributed by atoms with Crippen LogP contribution in [-0.4, -0.2) is 40.9 Å². The molecule has 0 unspecified atom stereocenters. The van der Waals surface area contributed by atoms with E-state index in [4.69, 9.17) is 16.6 Å². The lowest BCUT2D eigenvalue weighted by Crippen LogP contribution is -2.36. The average molecular weight is 474 g/mol. The van der Waals surface area contributed by atoms with Gasteiger partial charge in [-0.3, -0.25) is 4.90 Å². The molecule has 0 atom stereocenters. The van der Waals surface area contributed by atoms with Crippen LogP contribution in [0, 0.1) is 10.8 Å². The van der Waals surface area contributed by atoms with Crippen LogP contribution in [0.5, 0.6) is 0 Å². The van der Waals surface area contributed by atoms with Gasteiger partial charge in [0.25, 0.3) is 0 Å². The largest absolute Gasteiger partial charge is 0.402 e. The fourth-order valence-electron chi connectivity index (χ4n) is 5.13. The predicted octanol–water partition coefficient (Wildman–Crippen LogP) is 7.13. The van der Waals surface area contributed by atoms with E-state index in [0.717, 1.165) is 55.7 Å². The van der Waals surface area contributed by atoms with E-state index in [1.807, 2.05) is 26.8 Å². The summed E-state index contributed by atoms with van der Waals surface area (Å²) < 4.78 is 0. The SMILES string of the molecule is C/C=C(\C=C/C(=N)CC)c1[nH]c2ccc(C3CCN(C/C(C(C)=N)=C(\C)N)CC3)cc2c1C(C)C. The molecule has 35 heavy (non-hydrogen) atoms. The second-order valence-corrected chi connectivity index (χ2v) is 10.2. The highest BCUT2D eigenvalue weighted by Crippen LogP contribution is 2.37. The molecule has 2 heterocycles. The van der Waals surface area contributed by atoms with E-state index < -0.39 is 0 Å². The highest BCUT2D eigenvalue weighted by Gasteiger charge is 2.23. The molecular formula is C30H43N5. The molecule has 0 bridgehead atoms. The molecule has 0 spiro atoms. The van der Waals surface area contributed by atoms with Crippen LogP contribution in [-0.2, 0) is 0 Å². The highest BCUT2D eigenvalue weighted by atomic mass is 15.1. The number of H-pyrrole nitrogens is 1. The molecule has 1 aromatic heterocycles. The fraction of sp³-hybridized carbons (Fsp3) is 0.467. The quantitative estimate of drug-likeness (QED) is 0.230. The van der Waals surface area contributed by atoms with E-state index in [1.54, 1.807) is 0 Å². The van der Waals surface area contributed by atoms with E-state index in [-0.39, 0.29) is 0 Å². The number of aromatic amines is 1. The minimum Gasteiger partial charge on any atom is -0.402 e. The van der Waals surface area contributed by atoms with E-state index >= 15 is 0 Å². The van der Waals surface area contributed by atoms with Gasteiger partial charge >= 0.3 is 0 Å². The number of fused-ring (bicyclic) bond motifs is 1. The maximum Gasteiger partial charge on any atom is 0.0496 e. The van der Waals surface area contributed by atoms with Crippen molar-refractivity contribution in [2.24, 2.45) is 5.73 Å². The summed E-state index contributed by atoms with van der Waals surface area (Å²) in [4.78, 5) is 6.12. The summed E-state index contributed by atoms with van der Waals surface area (Å²) in [6, 6.07) is 6.95. The first-order valence-corrected chi connectivity index (χ1v) is 13.0. The number of allylic oxidation sites excluding steroid dienone is 5. The van der Waals surface area contributed by atoms with Gasteiger partial charge in [-0.25, -0.2) is 0 Å². The smallest absolute Gasteiger partial charge is 0.0496 e. The molecular weight excluding hydrogens is 430 g/mol. The van der Waals surface area contributed by atoms with Gasteiger partial charge in [0, 0.05) is 45.8 Å². The molecule has 5 N–H and O–H groups in total. The third-order valence-electron chi connectivity index (χ3n) is 7.25. The minimum absolute atomic E-state index is 0.388. The molecule has 5 heteroatoms. The molecule has 1 aliphatic rings. The van der Waals surface area contributed by atoms with Crippen molar-refractivity contribution >= 4 is 27.9 Å². The number of aromatic nitrogens is 1. The van der Waals surface area contributed by atoms with E-state index in [0.29, 0.717) is 23.3 Å². The van der Waals surface area contributed by atoms with Gasteiger partial charge in [0.15, 0.2) is 0 Å². The Bertz CT molecular complexity index is 1160. The zero-order chi connectivity index (χ0) is 25.7. The van der Waals surface area contributed by atoms with Crippen LogP contribution in [0.3, 0.4) is 0 Å². The lowest BCUT2D eigenvalue weighted by molar-refractivity contribution is 0.230. The van der Waals surface area contributed by atoms with Gasteiger partial charge in [0.05, 0.1) is 0 Å². The Morgan fingerprint density at radius 1 is 1.17 bits per heavy atom. The second-order valence-electron chi connectivity index (χ2n) is 10.2. The van der Waals surface area contributed by atoms with Crippen molar-refractivity contribution < 1.29 is 0 Å². The number of nitrogens with two attached hydrogens (primary N) is 1. The molecule has 1 fully saturated rings. The van der Waals surface area contributed by atoms with Crippen molar-refractivity contribution in [3.05, 3.63) is 64.5 Å². The highest BCUT2D eigenvalue weighted by molar-refractivity contribution is 5.97. The average Bonchev–Trinajstić information content (AvgIpc) is 3.21. The maximum absolute atomic E-state index is 8.02. The van der Waals surface area contributed by atoms with Crippen LogP contribution in [0.4, 0.5) is 0 Å². The third-order valence-corrected chi connectivity index (χ3v) is 7.25. The number of likely N-dealkylation sites (tertiary alicyclic amines) is 1. The van der Waals surface area contributed by atoms with Crippen molar-refractivity contribution in [3.63, 3.8) is 0 Å². The first-order valence-electron chi connectivity index (χ1n) is 13.0. The second kappa shape index (κ2) is 11.7. The molecule has 0 aliphatic carbocycles. The number of benzene rings is 1. The van der Waals surface area contributed by atoms with E-state index in [2.05, 4.69) is 61.0 Å². The van der Waals surface area contributed by atoms with Crippen molar-refractivity contribution in [2.45, 2.75) is 72.6 Å². The van der Waals surface area contributed by atoms with Crippen LogP contribution in [0.25, 0.3) is 16.5 Å². The van der Waals surface area contributed by atoms with Crippen molar-refractivity contribution in [3.8, 4) is 0 Å². The molecule has 1 aromatic carbocycles. The first-order chi connectivity index (χ1) is 16.7. The number of rotatable bonds is 9. The number of hydrogen-bond acceptors (Lipinski definition) is 4. The summed E-state index contributed by atoms with van der Waals surface area (Å²) in [5, 5.41) is 17.3. The molecule has 1 saturated heterocycles. The monoisotopic (exact) mass is 473 g/mol. The Hall–Kier alpha value is -2.92. The lowest BCUT2D eigenvalue weighted by Gasteiger charge is -2.33. The Balaban J connectivity index is 1.85. The third kappa shape index (κ3) is 6.21. The van der Waals surface area contributed by atoms with Crippen LogP contribution >= 0.6 is 0 Å². The van der Waals surface area contributed by atoms with Crippen molar-refractivity contribution in [2.75, 3.05) is 19.6 Å². The van der Waals surface area contributed by atoms with Crippen molar-refractivity contribution in [1.29, 1.82) is 10.8 Å². The summed E-state index contributed by atoms with van der Waals surface area (Å²) in [7, 11) is 0. The summed E-state index contributed by atoms with van der Waals surface area (Å²) in [6.07, 6.45) is 9.10. The van der Waals surface area contributed by atoms with Gasteiger partial charge in [0.1, 0.15) is 0 Å². The van der Waals surface area contributed by atoms with Gasteiger partial charge in [0.2, 0.25) is 0 Å². The van der Waals surface area contributed by atoms with E-state index in [9.17, 15) is 0 Å². The van der Waals surface area contributed by atoms with Crippen LogP contribution in [0.1, 0.15) is 89.5 Å². The number of nitrogens with one attached hydrogen (secondary N) is 3. The maximum atomic E-state index is 8.02. The zero-order valence-corrected chi connectivity index (χ0v) is 22.4. The van der Waals surface area contributed by atoms with Crippen molar-refractivity contribution in [1.82, 2.24) is 9.88 Å². The van der Waals surface area contributed by atoms with Gasteiger partial charge in [-0.1, -0.05) is 39.0 Å². The molecule has 0 saturated carbocycles. The molecule has 188 valence electrons. The topological polar surface area (TPSA) is 92.8 Å². The van der Waals surface area contributed by atoms with Gasteiger partial charge in [-0.05, 0) is 99.9 Å². The molecule has 0 radical (unpaired) electrons. The van der Waals surface area contributed by atoms with Gasteiger partial charge in [-0.15, -0.1) is 0 Å². The molecule has 2 aromatic rings. The summed E-state index contributed by atoms with van der Waals surface area (Å²) in [5.41, 5.74) is 15.2. The molecule has 0 amide bonds. The van der Waals surface area contributed by atoms with Gasteiger partial charge in [-0.2, -0.15) is 0 Å². The van der Waals surface area contributed by atoms with Gasteiger partial charge < -0.3 is 21.5 Å². The summed E-state index contributed by atoms with van der Waals surface area (Å²) >= 11 is 0. The Labute approximate surface area is 211 Å². The summed E-state index contributed by atoms with van der Waals surface area (Å²) in [5.74, 6) is 0.937. The lowest BCUT2D eigenvalue weighted by atomic mass is 9.87. The van der Waals surface area contributed by atoms with E-state index in [1.165, 1.54) is 27.7 Å². The summed E-state index contributed by atoms with van der Waals surface area (Å²) in [6.45, 7) is 15.2. The Kier molecular flexibility index (Phi) is 8.90. The number of piperidine rings is 1. The zero-order valence-electron chi connectivity index (χ0n) is 22.4. The standard InChI is InChI=1S/C30H43N5/c1-7-22(9-11-25(33)8-2)30-29(19(3)4)26-17-24(10-12-28(26)34-30)23-13-15-35(16-14-23)18-27(20(5)31)21(6)32/h7,9-12,17,19,23,31,33-34H,8,13-16,18,32H2,1-6H3/b11-9-,22-7+,27-21-,31-20?,33-25?. The molecule has 1 aliphatic heterocycles. The fourth-order valence-corrected chi connectivity index (χ4v) is 5.13. The Morgan fingerprint density at radius 2 is 1.86 bits per heavy atom. The molecule has 3 rings (SSSR count). The van der Waals surface area contributed by atoms with Crippen LogP contribution < -0.4 is 5.73 Å². The number of nitrogens with zero attached hydrogens (tertiary/aromatic N) is 1. The normalized spacial score (nSPS) is 16.9. The number of hydrogen-bond donors (Lipinski definition) is 4.